The lowest BCUT2D eigenvalue weighted by Gasteiger charge is -2.42. The first-order chi connectivity index (χ1) is 21.3. The van der Waals surface area contributed by atoms with Crippen molar-refractivity contribution in [1.29, 1.82) is 0 Å². The summed E-state index contributed by atoms with van der Waals surface area (Å²) >= 11 is 0. The Labute approximate surface area is 254 Å². The highest BCUT2D eigenvalue weighted by atomic mass is 16.5. The van der Waals surface area contributed by atoms with Gasteiger partial charge in [0.15, 0.2) is 11.6 Å². The summed E-state index contributed by atoms with van der Waals surface area (Å²) < 4.78 is 5.42. The topological polar surface area (TPSA) is 113 Å². The number of para-hydroxylation sites is 1. The number of amides is 2. The van der Waals surface area contributed by atoms with E-state index in [9.17, 15) is 24.3 Å². The van der Waals surface area contributed by atoms with Crippen molar-refractivity contribution < 1.29 is 29.0 Å². The fourth-order valence-corrected chi connectivity index (χ4v) is 7.26. The minimum Gasteiger partial charge on any atom is -0.508 e. The molecule has 1 saturated heterocycles. The maximum absolute atomic E-state index is 14.2. The Hall–Kier alpha value is -5.24. The third-order valence-corrected chi connectivity index (χ3v) is 9.30. The molecule has 4 unspecified atom stereocenters. The molecule has 3 aromatic rings. The first-order valence-corrected chi connectivity index (χ1v) is 14.6. The summed E-state index contributed by atoms with van der Waals surface area (Å²) in [6, 6.07) is 21.6. The average Bonchev–Trinajstić information content (AvgIpc) is 3.29. The van der Waals surface area contributed by atoms with E-state index in [0.29, 0.717) is 40.1 Å². The number of hydrogen-bond acceptors (Lipinski definition) is 7. The molecule has 8 heteroatoms. The summed E-state index contributed by atoms with van der Waals surface area (Å²) in [4.78, 5) is 56.2. The van der Waals surface area contributed by atoms with Gasteiger partial charge in [-0.2, -0.15) is 0 Å². The number of imide groups is 1. The van der Waals surface area contributed by atoms with Crippen LogP contribution in [0.3, 0.4) is 0 Å². The zero-order valence-electron chi connectivity index (χ0n) is 24.2. The highest BCUT2D eigenvalue weighted by Crippen LogP contribution is 2.56. The smallest absolute Gasteiger partial charge is 0.238 e. The highest BCUT2D eigenvalue weighted by molar-refractivity contribution is 6.25. The Morgan fingerprint density at radius 3 is 2.34 bits per heavy atom. The van der Waals surface area contributed by atoms with Crippen molar-refractivity contribution in [2.24, 2.45) is 17.8 Å². The molecule has 4 aliphatic rings. The third kappa shape index (κ3) is 4.28. The summed E-state index contributed by atoms with van der Waals surface area (Å²) in [7, 11) is 1.51. The van der Waals surface area contributed by atoms with Gasteiger partial charge in [-0.15, -0.1) is 0 Å². The van der Waals surface area contributed by atoms with Crippen LogP contribution in [0.25, 0.3) is 0 Å². The molecule has 4 atom stereocenters. The summed E-state index contributed by atoms with van der Waals surface area (Å²) in [5.41, 5.74) is 4.42. The van der Waals surface area contributed by atoms with Gasteiger partial charge in [0.25, 0.3) is 0 Å². The van der Waals surface area contributed by atoms with Crippen LogP contribution in [0, 0.1) is 17.8 Å². The number of methoxy groups -OCH3 is 1. The van der Waals surface area contributed by atoms with Crippen LogP contribution in [0.2, 0.25) is 0 Å². The summed E-state index contributed by atoms with van der Waals surface area (Å²) in [5.74, 6) is -3.23. The molecule has 3 aliphatic carbocycles. The monoisotopic (exact) mass is 586 g/mol. The number of ketones is 2. The Kier molecular flexibility index (Phi) is 6.57. The summed E-state index contributed by atoms with van der Waals surface area (Å²) in [5, 5.41) is 14.3. The number of phenols is 1. The normalized spacial score (nSPS) is 24.4. The number of carbonyl (C=O) groups is 4. The molecule has 0 saturated carbocycles. The van der Waals surface area contributed by atoms with Crippen molar-refractivity contribution in [3.8, 4) is 11.5 Å². The summed E-state index contributed by atoms with van der Waals surface area (Å²) in [6.07, 6.45) is 3.77. The van der Waals surface area contributed by atoms with Crippen LogP contribution in [0.15, 0.2) is 107 Å². The first kappa shape index (κ1) is 27.6. The van der Waals surface area contributed by atoms with Crippen LogP contribution < -0.4 is 15.0 Å². The molecule has 1 heterocycles. The van der Waals surface area contributed by atoms with E-state index in [-0.39, 0.29) is 35.6 Å². The predicted molar refractivity (Wildman–Crippen MR) is 165 cm³/mol. The molecule has 2 amide bonds. The van der Waals surface area contributed by atoms with Crippen LogP contribution in [0.4, 0.5) is 17.1 Å². The quantitative estimate of drug-likeness (QED) is 0.221. The number of benzene rings is 3. The molecule has 2 N–H and O–H groups in total. The Morgan fingerprint density at radius 1 is 0.886 bits per heavy atom. The molecule has 0 bridgehead atoms. The number of nitrogens with zero attached hydrogens (tertiary/aromatic N) is 1. The van der Waals surface area contributed by atoms with Crippen molar-refractivity contribution in [2.75, 3.05) is 17.3 Å². The van der Waals surface area contributed by atoms with Gasteiger partial charge in [0.1, 0.15) is 11.5 Å². The second kappa shape index (κ2) is 10.5. The number of aromatic hydroxyl groups is 1. The molecule has 44 heavy (non-hydrogen) atoms. The lowest BCUT2D eigenvalue weighted by Crippen LogP contribution is -2.39. The Balaban J connectivity index is 1.27. The number of Topliss-reactive ketones (excluding diaryl/α,β-unsaturated/α-hetero) is 1. The Bertz CT molecular complexity index is 1840. The molecule has 0 spiro atoms. The fourth-order valence-electron chi connectivity index (χ4n) is 7.26. The van der Waals surface area contributed by atoms with Crippen LogP contribution >= 0.6 is 0 Å². The number of rotatable bonds is 5. The first-order valence-electron chi connectivity index (χ1n) is 14.6. The number of ether oxygens (including phenoxy) is 1. The Morgan fingerprint density at radius 2 is 1.61 bits per heavy atom. The fraction of sp³-hybridized carbons (Fsp3) is 0.222. The lowest BCUT2D eigenvalue weighted by atomic mass is 9.59. The minimum atomic E-state index is -0.749. The van der Waals surface area contributed by atoms with Crippen molar-refractivity contribution in [3.05, 3.63) is 113 Å². The van der Waals surface area contributed by atoms with E-state index in [1.165, 1.54) is 24.2 Å². The zero-order chi connectivity index (χ0) is 30.7. The standard InChI is InChI=1S/C36H30N2O6/c1-19-16-30(40)33-28(34(19)41)18-26-24(31(33)27-17-23(44-2)12-15-29(27)39)13-14-25-32(26)36(43)38(35(25)42)22-10-8-21(9-11-22)37-20-6-4-3-5-7-20/h3-13,15-17,25-26,31-32,37,39H,14,18H2,1-2H3. The molecule has 0 aromatic heterocycles. The molecular formula is C36H30N2O6. The van der Waals surface area contributed by atoms with E-state index in [4.69, 9.17) is 4.74 Å². The average molecular weight is 587 g/mol. The number of fused-ring (bicyclic) bond motifs is 3. The lowest BCUT2D eigenvalue weighted by molar-refractivity contribution is -0.123. The molecule has 0 radical (unpaired) electrons. The van der Waals surface area contributed by atoms with Crippen LogP contribution in [-0.2, 0) is 19.2 Å². The van der Waals surface area contributed by atoms with Crippen LogP contribution in [0.1, 0.15) is 31.2 Å². The maximum atomic E-state index is 14.2. The number of anilines is 3. The van der Waals surface area contributed by atoms with Gasteiger partial charge in [-0.25, -0.2) is 0 Å². The highest BCUT2D eigenvalue weighted by Gasteiger charge is 2.56. The molecule has 1 aliphatic heterocycles. The molecule has 8 nitrogen and oxygen atoms in total. The second-order valence-electron chi connectivity index (χ2n) is 11.7. The van der Waals surface area contributed by atoms with Gasteiger partial charge < -0.3 is 15.2 Å². The maximum Gasteiger partial charge on any atom is 0.238 e. The molecule has 220 valence electrons. The molecule has 7 rings (SSSR count). The number of allylic oxidation sites excluding steroid dienone is 6. The number of nitrogens with one attached hydrogen (secondary N) is 1. The largest absolute Gasteiger partial charge is 0.508 e. The molecule has 3 aromatic carbocycles. The second-order valence-corrected chi connectivity index (χ2v) is 11.7. The SMILES string of the molecule is COc1ccc(O)c(C2C3=CCC4C(=O)N(c5ccc(Nc6ccccc6)cc5)C(=O)C4C3CC3=C2C(=O)C=C(C)C3=O)c1. The van der Waals surface area contributed by atoms with Crippen molar-refractivity contribution in [2.45, 2.75) is 25.7 Å². The van der Waals surface area contributed by atoms with Gasteiger partial charge in [-0.05, 0) is 86.4 Å². The van der Waals surface area contributed by atoms with Crippen molar-refractivity contribution in [1.82, 2.24) is 0 Å². The van der Waals surface area contributed by atoms with Crippen LogP contribution in [0.5, 0.6) is 11.5 Å². The van der Waals surface area contributed by atoms with E-state index >= 15 is 0 Å². The van der Waals surface area contributed by atoms with Crippen molar-refractivity contribution >= 4 is 40.4 Å². The van der Waals surface area contributed by atoms with Gasteiger partial charge in [0.05, 0.1) is 24.6 Å². The molecule has 1 fully saturated rings. The summed E-state index contributed by atoms with van der Waals surface area (Å²) in [6.45, 7) is 1.61. The van der Waals surface area contributed by atoms with Gasteiger partial charge in [0, 0.05) is 39.6 Å². The number of carbonyl (C=O) groups excluding carboxylic acids is 4. The van der Waals surface area contributed by atoms with Gasteiger partial charge in [-0.1, -0.05) is 29.8 Å². The predicted octanol–water partition coefficient (Wildman–Crippen LogP) is 5.78. The third-order valence-electron chi connectivity index (χ3n) is 9.30. The van der Waals surface area contributed by atoms with E-state index in [0.717, 1.165) is 16.9 Å². The number of hydrogen-bond donors (Lipinski definition) is 2. The zero-order valence-corrected chi connectivity index (χ0v) is 24.2. The van der Waals surface area contributed by atoms with Gasteiger partial charge in [0.2, 0.25) is 11.8 Å². The van der Waals surface area contributed by atoms with Gasteiger partial charge >= 0.3 is 0 Å². The van der Waals surface area contributed by atoms with Crippen LogP contribution in [-0.4, -0.2) is 35.6 Å². The molecular weight excluding hydrogens is 556 g/mol. The van der Waals surface area contributed by atoms with Crippen molar-refractivity contribution in [3.63, 3.8) is 0 Å². The van der Waals surface area contributed by atoms with E-state index in [2.05, 4.69) is 5.32 Å². The van der Waals surface area contributed by atoms with E-state index in [1.807, 2.05) is 48.5 Å². The van der Waals surface area contributed by atoms with Gasteiger partial charge in [-0.3, -0.25) is 24.1 Å². The number of phenolic OH excluding ortho intramolecular Hbond substituents is 1. The van der Waals surface area contributed by atoms with E-state index < -0.39 is 23.7 Å². The minimum absolute atomic E-state index is 0.0440. The van der Waals surface area contributed by atoms with E-state index in [1.54, 1.807) is 31.2 Å².